The zero-order valence-electron chi connectivity index (χ0n) is 9.60. The van der Waals surface area contributed by atoms with Crippen molar-refractivity contribution in [2.45, 2.75) is 16.5 Å². The SMILES string of the molecule is O=C(O)Cc1csc(SCc2cccc(F)c2Br)n1. The van der Waals surface area contributed by atoms with Crippen LogP contribution in [0.1, 0.15) is 11.3 Å². The Labute approximate surface area is 126 Å². The zero-order valence-corrected chi connectivity index (χ0v) is 12.8. The normalized spacial score (nSPS) is 10.6. The number of aliphatic carboxylic acids is 1. The third-order valence-electron chi connectivity index (χ3n) is 2.25. The summed E-state index contributed by atoms with van der Waals surface area (Å²) in [7, 11) is 0. The van der Waals surface area contributed by atoms with Gasteiger partial charge >= 0.3 is 5.97 Å². The second kappa shape index (κ2) is 6.49. The summed E-state index contributed by atoms with van der Waals surface area (Å²) in [4.78, 5) is 14.8. The molecule has 1 aromatic carbocycles. The molecule has 0 spiro atoms. The lowest BCUT2D eigenvalue weighted by Gasteiger charge is -2.03. The third kappa shape index (κ3) is 4.02. The summed E-state index contributed by atoms with van der Waals surface area (Å²) in [6, 6.07) is 4.90. The number of halogens is 2. The van der Waals surface area contributed by atoms with Crippen molar-refractivity contribution in [2.24, 2.45) is 0 Å². The van der Waals surface area contributed by atoms with E-state index in [1.165, 1.54) is 29.2 Å². The summed E-state index contributed by atoms with van der Waals surface area (Å²) in [5.41, 5.74) is 1.40. The molecule has 1 heterocycles. The monoisotopic (exact) mass is 361 g/mol. The summed E-state index contributed by atoms with van der Waals surface area (Å²) in [5, 5.41) is 10.4. The maximum absolute atomic E-state index is 13.3. The molecule has 2 rings (SSSR count). The predicted molar refractivity (Wildman–Crippen MR) is 77.1 cm³/mol. The van der Waals surface area contributed by atoms with Gasteiger partial charge in [-0.3, -0.25) is 4.79 Å². The van der Waals surface area contributed by atoms with Gasteiger partial charge in [-0.2, -0.15) is 0 Å². The van der Waals surface area contributed by atoms with Gasteiger partial charge in [0.2, 0.25) is 0 Å². The molecule has 1 aromatic heterocycles. The summed E-state index contributed by atoms with van der Waals surface area (Å²) in [6.45, 7) is 0. The first-order chi connectivity index (χ1) is 9.06. The van der Waals surface area contributed by atoms with Gasteiger partial charge in [-0.1, -0.05) is 23.9 Å². The number of hydrogen-bond acceptors (Lipinski definition) is 4. The van der Waals surface area contributed by atoms with Crippen molar-refractivity contribution in [1.29, 1.82) is 0 Å². The molecule has 3 nitrogen and oxygen atoms in total. The van der Waals surface area contributed by atoms with Gasteiger partial charge in [0.1, 0.15) is 10.2 Å². The van der Waals surface area contributed by atoms with E-state index in [0.717, 1.165) is 9.90 Å². The van der Waals surface area contributed by atoms with Gasteiger partial charge < -0.3 is 5.11 Å². The third-order valence-corrected chi connectivity index (χ3v) is 5.25. The number of carbonyl (C=O) groups is 1. The number of aromatic nitrogens is 1. The van der Waals surface area contributed by atoms with Gasteiger partial charge in [-0.25, -0.2) is 9.37 Å². The van der Waals surface area contributed by atoms with Gasteiger partial charge in [0.05, 0.1) is 16.6 Å². The number of hydrogen-bond donors (Lipinski definition) is 1. The number of rotatable bonds is 5. The summed E-state index contributed by atoms with van der Waals surface area (Å²) in [5.74, 6) is -0.600. The molecule has 0 aliphatic rings. The molecule has 0 unspecified atom stereocenters. The number of carboxylic acids is 1. The van der Waals surface area contributed by atoms with Crippen molar-refractivity contribution in [1.82, 2.24) is 4.98 Å². The van der Waals surface area contributed by atoms with Crippen LogP contribution in [0.25, 0.3) is 0 Å². The zero-order chi connectivity index (χ0) is 13.8. The molecule has 0 saturated heterocycles. The van der Waals surface area contributed by atoms with E-state index in [1.54, 1.807) is 11.4 Å². The molecule has 0 saturated carbocycles. The highest BCUT2D eigenvalue weighted by Gasteiger charge is 2.09. The molecule has 1 N–H and O–H groups in total. The molecule has 0 aliphatic carbocycles. The second-order valence-corrected chi connectivity index (χ2v) is 6.55. The maximum Gasteiger partial charge on any atom is 0.309 e. The van der Waals surface area contributed by atoms with Gasteiger partial charge in [0.15, 0.2) is 0 Å². The van der Waals surface area contributed by atoms with Gasteiger partial charge in [0, 0.05) is 11.1 Å². The topological polar surface area (TPSA) is 50.2 Å². The Balaban J connectivity index is 2.00. The van der Waals surface area contributed by atoms with Crippen molar-refractivity contribution in [3.63, 3.8) is 0 Å². The van der Waals surface area contributed by atoms with E-state index in [0.29, 0.717) is 15.9 Å². The van der Waals surface area contributed by atoms with Crippen molar-refractivity contribution in [2.75, 3.05) is 0 Å². The lowest BCUT2D eigenvalue weighted by atomic mass is 10.2. The van der Waals surface area contributed by atoms with E-state index in [1.807, 2.05) is 6.07 Å². The fraction of sp³-hybridized carbons (Fsp3) is 0.167. The summed E-state index contributed by atoms with van der Waals surface area (Å²) < 4.78 is 14.6. The second-order valence-electron chi connectivity index (χ2n) is 3.68. The minimum Gasteiger partial charge on any atom is -0.481 e. The van der Waals surface area contributed by atoms with Crippen LogP contribution in [0.5, 0.6) is 0 Å². The van der Waals surface area contributed by atoms with Crippen LogP contribution in [0.3, 0.4) is 0 Å². The average Bonchev–Trinajstić information content (AvgIpc) is 2.78. The maximum atomic E-state index is 13.3. The van der Waals surface area contributed by atoms with E-state index in [4.69, 9.17) is 5.11 Å². The fourth-order valence-corrected chi connectivity index (χ4v) is 3.82. The van der Waals surface area contributed by atoms with E-state index in [-0.39, 0.29) is 12.2 Å². The first-order valence-corrected chi connectivity index (χ1v) is 7.94. The number of nitrogens with zero attached hydrogens (tertiary/aromatic N) is 1. The van der Waals surface area contributed by atoms with E-state index in [9.17, 15) is 9.18 Å². The molecule has 0 fully saturated rings. The molecule has 0 amide bonds. The first-order valence-electron chi connectivity index (χ1n) is 5.28. The minimum absolute atomic E-state index is 0.0687. The Bertz CT molecular complexity index is 603. The van der Waals surface area contributed by atoms with Crippen LogP contribution in [0.4, 0.5) is 4.39 Å². The Hall–Kier alpha value is -0.920. The van der Waals surface area contributed by atoms with E-state index in [2.05, 4.69) is 20.9 Å². The molecule has 2 aromatic rings. The first kappa shape index (κ1) is 14.5. The van der Waals surface area contributed by atoms with Crippen molar-refractivity contribution in [3.8, 4) is 0 Å². The van der Waals surface area contributed by atoms with Gasteiger partial charge in [-0.05, 0) is 27.6 Å². The van der Waals surface area contributed by atoms with Crippen LogP contribution >= 0.6 is 39.0 Å². The number of carboxylic acid groups (broad SMARTS) is 1. The van der Waals surface area contributed by atoms with Gasteiger partial charge in [-0.15, -0.1) is 11.3 Å². The van der Waals surface area contributed by atoms with Crippen molar-refractivity contribution in [3.05, 3.63) is 45.1 Å². The molecule has 0 bridgehead atoms. The van der Waals surface area contributed by atoms with E-state index < -0.39 is 5.97 Å². The molecule has 100 valence electrons. The van der Waals surface area contributed by atoms with Crippen LogP contribution in [0.15, 0.2) is 32.4 Å². The smallest absolute Gasteiger partial charge is 0.309 e. The largest absolute Gasteiger partial charge is 0.481 e. The summed E-state index contributed by atoms with van der Waals surface area (Å²) >= 11 is 6.07. The molecule has 0 radical (unpaired) electrons. The van der Waals surface area contributed by atoms with Crippen LogP contribution < -0.4 is 0 Å². The fourth-order valence-electron chi connectivity index (χ4n) is 1.39. The molecular formula is C12H9BrFNO2S2. The molecule has 0 aliphatic heterocycles. The number of thioether (sulfide) groups is 1. The highest BCUT2D eigenvalue weighted by atomic mass is 79.9. The van der Waals surface area contributed by atoms with Gasteiger partial charge in [0.25, 0.3) is 0 Å². The Morgan fingerprint density at radius 3 is 3.05 bits per heavy atom. The number of benzene rings is 1. The number of thiazole rings is 1. The predicted octanol–water partition coefficient (Wildman–Crippen LogP) is 3.96. The Morgan fingerprint density at radius 1 is 1.53 bits per heavy atom. The van der Waals surface area contributed by atoms with E-state index >= 15 is 0 Å². The standard InChI is InChI=1S/C12H9BrFNO2S2/c13-11-7(2-1-3-9(11)14)5-18-12-15-8(6-19-12)4-10(16)17/h1-3,6H,4-5H2,(H,16,17). The highest BCUT2D eigenvalue weighted by molar-refractivity contribution is 9.10. The molecule has 19 heavy (non-hydrogen) atoms. The molecule has 7 heteroatoms. The van der Waals surface area contributed by atoms with Crippen LogP contribution in [0.2, 0.25) is 0 Å². The van der Waals surface area contributed by atoms with Crippen LogP contribution in [-0.4, -0.2) is 16.1 Å². The Kier molecular flexibility index (Phi) is 4.95. The lowest BCUT2D eigenvalue weighted by molar-refractivity contribution is -0.136. The molecular weight excluding hydrogens is 353 g/mol. The highest BCUT2D eigenvalue weighted by Crippen LogP contribution is 2.30. The van der Waals surface area contributed by atoms with Crippen LogP contribution in [-0.2, 0) is 17.0 Å². The Morgan fingerprint density at radius 2 is 2.32 bits per heavy atom. The quantitative estimate of drug-likeness (QED) is 0.818. The molecule has 0 atom stereocenters. The lowest BCUT2D eigenvalue weighted by Crippen LogP contribution is -1.99. The average molecular weight is 362 g/mol. The van der Waals surface area contributed by atoms with Crippen molar-refractivity contribution >= 4 is 45.0 Å². The van der Waals surface area contributed by atoms with Crippen LogP contribution in [0, 0.1) is 5.82 Å². The minimum atomic E-state index is -0.894. The summed E-state index contributed by atoms with van der Waals surface area (Å²) in [6.07, 6.45) is -0.0687. The van der Waals surface area contributed by atoms with Crippen molar-refractivity contribution < 1.29 is 14.3 Å².